The first kappa shape index (κ1) is 24.6. The molecule has 3 atom stereocenters. The van der Waals surface area contributed by atoms with E-state index in [1.165, 1.54) is 12.1 Å². The summed E-state index contributed by atoms with van der Waals surface area (Å²) in [7, 11) is 0. The lowest BCUT2D eigenvalue weighted by Crippen LogP contribution is -2.36. The van der Waals surface area contributed by atoms with Crippen molar-refractivity contribution in [3.63, 3.8) is 0 Å². The minimum Gasteiger partial charge on any atom is -0.508 e. The average Bonchev–Trinajstić information content (AvgIpc) is 3.34. The van der Waals surface area contributed by atoms with E-state index in [4.69, 9.17) is 18.9 Å². The predicted octanol–water partition coefficient (Wildman–Crippen LogP) is 4.98. The van der Waals surface area contributed by atoms with Crippen LogP contribution in [-0.4, -0.2) is 34.0 Å². The molecule has 0 unspecified atom stereocenters. The Morgan fingerprint density at radius 1 is 0.897 bits per heavy atom. The van der Waals surface area contributed by atoms with Crippen molar-refractivity contribution in [2.24, 2.45) is 0 Å². The van der Waals surface area contributed by atoms with Gasteiger partial charge in [-0.25, -0.2) is 4.79 Å². The van der Waals surface area contributed by atoms with Gasteiger partial charge in [0, 0.05) is 35.2 Å². The van der Waals surface area contributed by atoms with E-state index in [9.17, 15) is 20.1 Å². The largest absolute Gasteiger partial charge is 0.508 e. The molecule has 2 aliphatic rings. The van der Waals surface area contributed by atoms with Crippen LogP contribution in [0.15, 0.2) is 84.9 Å². The number of carbonyl (C=O) groups is 1. The van der Waals surface area contributed by atoms with E-state index in [-0.39, 0.29) is 24.5 Å². The highest BCUT2D eigenvalue weighted by molar-refractivity contribution is 5.89. The maximum Gasteiger partial charge on any atom is 0.338 e. The Balaban J connectivity index is 1.35. The van der Waals surface area contributed by atoms with E-state index in [2.05, 4.69) is 0 Å². The fraction of sp³-hybridized carbons (Fsp3) is 0.194. The van der Waals surface area contributed by atoms with E-state index in [1.807, 2.05) is 30.3 Å². The Morgan fingerprint density at radius 3 is 2.36 bits per heavy atom. The summed E-state index contributed by atoms with van der Waals surface area (Å²) in [6, 6.07) is 24.3. The zero-order valence-corrected chi connectivity index (χ0v) is 21.0. The highest BCUT2D eigenvalue weighted by Gasteiger charge is 2.46. The Labute approximate surface area is 224 Å². The molecule has 0 spiro atoms. The van der Waals surface area contributed by atoms with Gasteiger partial charge >= 0.3 is 11.8 Å². The number of phenolic OH excluding ortho intramolecular Hbond substituents is 2. The van der Waals surface area contributed by atoms with Crippen LogP contribution in [-0.2, 0) is 16.9 Å². The summed E-state index contributed by atoms with van der Waals surface area (Å²) in [5.74, 6) is -0.729. The van der Waals surface area contributed by atoms with Gasteiger partial charge in [0.25, 0.3) is 0 Å². The lowest BCUT2D eigenvalue weighted by molar-refractivity contribution is -0.0460. The summed E-state index contributed by atoms with van der Waals surface area (Å²) in [5.41, 5.74) is 2.92. The maximum absolute atomic E-state index is 12.2. The lowest BCUT2D eigenvalue weighted by Gasteiger charge is -2.31. The van der Waals surface area contributed by atoms with Gasteiger partial charge in [-0.2, -0.15) is 0 Å². The van der Waals surface area contributed by atoms with Crippen molar-refractivity contribution in [1.29, 1.82) is 0 Å². The molecule has 4 aromatic rings. The third kappa shape index (κ3) is 4.28. The second kappa shape index (κ2) is 9.56. The number of hydrogen-bond donors (Lipinski definition) is 3. The smallest absolute Gasteiger partial charge is 0.338 e. The molecule has 0 bridgehead atoms. The van der Waals surface area contributed by atoms with Crippen molar-refractivity contribution >= 4 is 5.97 Å². The third-order valence-corrected chi connectivity index (χ3v) is 6.92. The van der Waals surface area contributed by atoms with Gasteiger partial charge in [-0.1, -0.05) is 36.4 Å². The highest BCUT2D eigenvalue weighted by Crippen LogP contribution is 2.50. The number of phenols is 2. The van der Waals surface area contributed by atoms with Crippen LogP contribution in [0.2, 0.25) is 0 Å². The molecule has 3 N–H and O–H groups in total. The summed E-state index contributed by atoms with van der Waals surface area (Å²) in [6.45, 7) is 2.04. The van der Waals surface area contributed by atoms with Gasteiger partial charge in [0.05, 0.1) is 18.3 Å². The van der Waals surface area contributed by atoms with Crippen molar-refractivity contribution in [1.82, 2.24) is 0 Å². The molecule has 8 heteroatoms. The SMILES string of the molecule is CCOC(=O)c1ccc([C@]2(c3ccccc3)Oc3ccc([C@@H]4Oc5cc(O)cc(O)c5C[C@H]4O)cc3O2)cc1. The monoisotopic (exact) mass is 526 g/mol. The standard InChI is InChI=1S/C31H26O8/c1-2-36-30(35)18-8-11-21(12-9-18)31(20-6-4-3-5-7-20)38-26-13-10-19(14-28(26)39-31)29-25(34)17-23-24(33)15-22(32)16-27(23)37-29/h3-16,25,29,32-34H,2,17H2,1H3/t25-,29+,31-/m1/s1. The summed E-state index contributed by atoms with van der Waals surface area (Å²) >= 11 is 0. The van der Waals surface area contributed by atoms with Crippen LogP contribution < -0.4 is 14.2 Å². The number of carbonyl (C=O) groups excluding carboxylic acids is 1. The number of benzene rings is 4. The molecule has 0 saturated heterocycles. The minimum atomic E-state index is -1.31. The number of hydrogen-bond acceptors (Lipinski definition) is 8. The highest BCUT2D eigenvalue weighted by atomic mass is 16.7. The molecule has 198 valence electrons. The van der Waals surface area contributed by atoms with Gasteiger partial charge in [-0.15, -0.1) is 0 Å². The normalized spacial score (nSPS) is 21.1. The Kier molecular flexibility index (Phi) is 6.04. The van der Waals surface area contributed by atoms with Crippen LogP contribution in [0.4, 0.5) is 0 Å². The number of aliphatic hydroxyl groups is 1. The van der Waals surface area contributed by atoms with Crippen molar-refractivity contribution in [2.75, 3.05) is 6.61 Å². The molecule has 39 heavy (non-hydrogen) atoms. The summed E-state index contributed by atoms with van der Waals surface area (Å²) < 4.78 is 24.1. The molecule has 0 aromatic heterocycles. The molecular weight excluding hydrogens is 500 g/mol. The molecule has 0 saturated carbocycles. The fourth-order valence-corrected chi connectivity index (χ4v) is 5.04. The first-order valence-corrected chi connectivity index (χ1v) is 12.6. The van der Waals surface area contributed by atoms with Gasteiger partial charge in [0.2, 0.25) is 0 Å². The molecule has 4 aromatic carbocycles. The molecule has 2 heterocycles. The van der Waals surface area contributed by atoms with E-state index in [0.717, 1.165) is 5.56 Å². The van der Waals surface area contributed by atoms with E-state index >= 15 is 0 Å². The third-order valence-electron chi connectivity index (χ3n) is 6.92. The second-order valence-electron chi connectivity index (χ2n) is 9.44. The molecule has 0 amide bonds. The van der Waals surface area contributed by atoms with Crippen LogP contribution >= 0.6 is 0 Å². The lowest BCUT2D eigenvalue weighted by atomic mass is 9.94. The number of ether oxygens (including phenoxy) is 4. The maximum atomic E-state index is 12.2. The molecule has 0 fully saturated rings. The summed E-state index contributed by atoms with van der Waals surface area (Å²) in [5, 5.41) is 30.9. The molecule has 8 nitrogen and oxygen atoms in total. The van der Waals surface area contributed by atoms with E-state index < -0.39 is 24.0 Å². The molecule has 2 aliphatic heterocycles. The zero-order valence-electron chi connectivity index (χ0n) is 21.0. The topological polar surface area (TPSA) is 115 Å². The van der Waals surface area contributed by atoms with Gasteiger partial charge in [0.1, 0.15) is 23.4 Å². The Morgan fingerprint density at radius 2 is 1.62 bits per heavy atom. The van der Waals surface area contributed by atoms with Crippen molar-refractivity contribution in [2.45, 2.75) is 31.3 Å². The molecular formula is C31H26O8. The number of aliphatic hydroxyl groups excluding tert-OH is 1. The summed E-state index contributed by atoms with van der Waals surface area (Å²) in [4.78, 5) is 12.2. The minimum absolute atomic E-state index is 0.130. The van der Waals surface area contributed by atoms with Crippen molar-refractivity contribution in [3.05, 3.63) is 113 Å². The second-order valence-corrected chi connectivity index (χ2v) is 9.44. The van der Waals surface area contributed by atoms with Gasteiger partial charge in [-0.05, 0) is 48.9 Å². The molecule has 0 radical (unpaired) electrons. The van der Waals surface area contributed by atoms with Crippen LogP contribution in [0.5, 0.6) is 28.7 Å². The summed E-state index contributed by atoms with van der Waals surface area (Å²) in [6.07, 6.45) is -1.55. The van der Waals surface area contributed by atoms with Crippen LogP contribution in [0.25, 0.3) is 0 Å². The van der Waals surface area contributed by atoms with E-state index in [1.54, 1.807) is 49.4 Å². The number of fused-ring (bicyclic) bond motifs is 2. The first-order valence-electron chi connectivity index (χ1n) is 12.6. The number of esters is 1. The Hall–Kier alpha value is -4.69. The van der Waals surface area contributed by atoms with E-state index in [0.29, 0.717) is 39.5 Å². The predicted molar refractivity (Wildman–Crippen MR) is 140 cm³/mol. The average molecular weight is 527 g/mol. The first-order chi connectivity index (χ1) is 18.9. The zero-order chi connectivity index (χ0) is 27.1. The quantitative estimate of drug-likeness (QED) is 0.312. The fourth-order valence-electron chi connectivity index (χ4n) is 5.04. The van der Waals surface area contributed by atoms with Crippen LogP contribution in [0.3, 0.4) is 0 Å². The van der Waals surface area contributed by atoms with Crippen LogP contribution in [0, 0.1) is 0 Å². The molecule has 6 rings (SSSR count). The Bertz CT molecular complexity index is 1530. The van der Waals surface area contributed by atoms with Gasteiger partial charge in [-0.3, -0.25) is 0 Å². The van der Waals surface area contributed by atoms with Crippen molar-refractivity contribution in [3.8, 4) is 28.7 Å². The van der Waals surface area contributed by atoms with Crippen molar-refractivity contribution < 1.29 is 39.1 Å². The number of aromatic hydroxyl groups is 2. The van der Waals surface area contributed by atoms with Gasteiger partial charge < -0.3 is 34.3 Å². The number of rotatable bonds is 5. The van der Waals surface area contributed by atoms with Gasteiger partial charge in [0.15, 0.2) is 11.5 Å². The molecule has 0 aliphatic carbocycles. The van der Waals surface area contributed by atoms with Crippen LogP contribution in [0.1, 0.15) is 45.6 Å².